The summed E-state index contributed by atoms with van der Waals surface area (Å²) in [5.74, 6) is 3.21. The molecule has 0 bridgehead atoms. The number of hydrogen-bond acceptors (Lipinski definition) is 4. The SMILES string of the molecule is CC1CCN(Cc2cccc(CNC(=O)CC3CSCCN3)c2)CC1. The van der Waals surface area contributed by atoms with Crippen LogP contribution in [0, 0.1) is 5.92 Å². The topological polar surface area (TPSA) is 44.4 Å². The Bertz CT molecular complexity index is 552. The van der Waals surface area contributed by atoms with Gasteiger partial charge >= 0.3 is 0 Å². The van der Waals surface area contributed by atoms with Crippen molar-refractivity contribution in [1.29, 1.82) is 0 Å². The number of thioether (sulfide) groups is 1. The molecule has 2 aliphatic rings. The first-order chi connectivity index (χ1) is 12.2. The van der Waals surface area contributed by atoms with Crippen LogP contribution in [0.25, 0.3) is 0 Å². The van der Waals surface area contributed by atoms with Crippen molar-refractivity contribution >= 4 is 17.7 Å². The maximum Gasteiger partial charge on any atom is 0.221 e. The average molecular weight is 362 g/mol. The zero-order chi connectivity index (χ0) is 17.5. The standard InChI is InChI=1S/C20H31N3OS/c1-16-5-8-23(9-6-16)14-18-4-2-3-17(11-18)13-22-20(24)12-19-15-25-10-7-21-19/h2-4,11,16,19,21H,5-10,12-15H2,1H3,(H,22,24). The van der Waals surface area contributed by atoms with E-state index in [1.54, 1.807) is 0 Å². The summed E-state index contributed by atoms with van der Waals surface area (Å²) in [6.45, 7) is 7.42. The summed E-state index contributed by atoms with van der Waals surface area (Å²) in [6.07, 6.45) is 3.20. The third kappa shape index (κ3) is 6.32. The molecule has 4 nitrogen and oxygen atoms in total. The minimum atomic E-state index is 0.149. The normalized spacial score (nSPS) is 22.7. The van der Waals surface area contributed by atoms with E-state index in [4.69, 9.17) is 0 Å². The van der Waals surface area contributed by atoms with E-state index in [1.807, 2.05) is 11.8 Å². The van der Waals surface area contributed by atoms with Gasteiger partial charge in [-0.05, 0) is 43.0 Å². The molecule has 25 heavy (non-hydrogen) atoms. The smallest absolute Gasteiger partial charge is 0.221 e. The first-order valence-electron chi connectivity index (χ1n) is 9.57. The van der Waals surface area contributed by atoms with Crippen molar-refractivity contribution in [3.63, 3.8) is 0 Å². The molecule has 1 amide bonds. The molecule has 1 unspecified atom stereocenters. The fourth-order valence-corrected chi connectivity index (χ4v) is 4.51. The molecular formula is C20H31N3OS. The lowest BCUT2D eigenvalue weighted by atomic mass is 9.98. The molecule has 0 aromatic heterocycles. The van der Waals surface area contributed by atoms with E-state index in [0.29, 0.717) is 19.0 Å². The summed E-state index contributed by atoms with van der Waals surface area (Å²) in [7, 11) is 0. The molecule has 2 heterocycles. The van der Waals surface area contributed by atoms with Crippen LogP contribution in [-0.2, 0) is 17.9 Å². The van der Waals surface area contributed by atoms with Gasteiger partial charge in [-0.2, -0.15) is 11.8 Å². The van der Waals surface area contributed by atoms with Crippen molar-refractivity contribution < 1.29 is 4.79 Å². The Morgan fingerprint density at radius 1 is 1.32 bits per heavy atom. The number of nitrogens with zero attached hydrogens (tertiary/aromatic N) is 1. The molecule has 5 heteroatoms. The molecule has 1 atom stereocenters. The Balaban J connectivity index is 1.44. The highest BCUT2D eigenvalue weighted by atomic mass is 32.2. The van der Waals surface area contributed by atoms with Crippen molar-refractivity contribution in [3.05, 3.63) is 35.4 Å². The molecule has 2 fully saturated rings. The average Bonchev–Trinajstić information content (AvgIpc) is 2.63. The summed E-state index contributed by atoms with van der Waals surface area (Å²) >= 11 is 1.93. The van der Waals surface area contributed by atoms with E-state index < -0.39 is 0 Å². The van der Waals surface area contributed by atoms with E-state index in [-0.39, 0.29) is 5.91 Å². The van der Waals surface area contributed by atoms with E-state index >= 15 is 0 Å². The molecule has 0 aliphatic carbocycles. The van der Waals surface area contributed by atoms with Gasteiger partial charge in [-0.1, -0.05) is 31.2 Å². The second kappa shape index (κ2) is 9.60. The minimum Gasteiger partial charge on any atom is -0.352 e. The second-order valence-electron chi connectivity index (χ2n) is 7.49. The first kappa shape index (κ1) is 18.7. The Morgan fingerprint density at radius 3 is 2.88 bits per heavy atom. The van der Waals surface area contributed by atoms with Gasteiger partial charge in [-0.15, -0.1) is 0 Å². The van der Waals surface area contributed by atoms with Crippen LogP contribution in [0.4, 0.5) is 0 Å². The molecular weight excluding hydrogens is 330 g/mol. The summed E-state index contributed by atoms with van der Waals surface area (Å²) in [6, 6.07) is 8.99. The largest absolute Gasteiger partial charge is 0.352 e. The number of hydrogen-bond donors (Lipinski definition) is 2. The Labute approximate surface area is 156 Å². The van der Waals surface area contributed by atoms with Crippen molar-refractivity contribution in [2.24, 2.45) is 5.92 Å². The lowest BCUT2D eigenvalue weighted by molar-refractivity contribution is -0.121. The number of piperidine rings is 1. The highest BCUT2D eigenvalue weighted by Crippen LogP contribution is 2.18. The van der Waals surface area contributed by atoms with Gasteiger partial charge in [0.25, 0.3) is 0 Å². The molecule has 2 aliphatic heterocycles. The summed E-state index contributed by atoms with van der Waals surface area (Å²) < 4.78 is 0. The Morgan fingerprint density at radius 2 is 2.12 bits per heavy atom. The van der Waals surface area contributed by atoms with Crippen LogP contribution in [0.15, 0.2) is 24.3 Å². The number of nitrogens with one attached hydrogen (secondary N) is 2. The van der Waals surface area contributed by atoms with Gasteiger partial charge < -0.3 is 10.6 Å². The van der Waals surface area contributed by atoms with Gasteiger partial charge in [0.2, 0.25) is 5.91 Å². The molecule has 2 N–H and O–H groups in total. The first-order valence-corrected chi connectivity index (χ1v) is 10.7. The van der Waals surface area contributed by atoms with Crippen LogP contribution in [-0.4, -0.2) is 48.0 Å². The summed E-state index contributed by atoms with van der Waals surface area (Å²) in [4.78, 5) is 14.7. The second-order valence-corrected chi connectivity index (χ2v) is 8.64. The maximum atomic E-state index is 12.1. The number of carbonyl (C=O) groups is 1. The van der Waals surface area contributed by atoms with Crippen LogP contribution in [0.1, 0.15) is 37.3 Å². The monoisotopic (exact) mass is 361 g/mol. The zero-order valence-corrected chi connectivity index (χ0v) is 16.1. The molecule has 0 radical (unpaired) electrons. The molecule has 138 valence electrons. The van der Waals surface area contributed by atoms with Crippen molar-refractivity contribution in [3.8, 4) is 0 Å². The van der Waals surface area contributed by atoms with Gasteiger partial charge in [-0.25, -0.2) is 0 Å². The predicted molar refractivity (Wildman–Crippen MR) is 106 cm³/mol. The van der Waals surface area contributed by atoms with Crippen LogP contribution in [0.2, 0.25) is 0 Å². The van der Waals surface area contributed by atoms with Crippen LogP contribution in [0.5, 0.6) is 0 Å². The number of benzene rings is 1. The zero-order valence-electron chi connectivity index (χ0n) is 15.3. The molecule has 2 saturated heterocycles. The third-order valence-electron chi connectivity index (χ3n) is 5.19. The summed E-state index contributed by atoms with van der Waals surface area (Å²) in [5, 5.41) is 6.50. The molecule has 0 saturated carbocycles. The Kier molecular flexibility index (Phi) is 7.20. The predicted octanol–water partition coefficient (Wildman–Crippen LogP) is 2.63. The van der Waals surface area contributed by atoms with Crippen LogP contribution in [0.3, 0.4) is 0 Å². The summed E-state index contributed by atoms with van der Waals surface area (Å²) in [5.41, 5.74) is 2.55. The molecule has 1 aromatic carbocycles. The lowest BCUT2D eigenvalue weighted by Crippen LogP contribution is -2.41. The van der Waals surface area contributed by atoms with Crippen LogP contribution >= 0.6 is 11.8 Å². The van der Waals surface area contributed by atoms with Crippen molar-refractivity contribution in [1.82, 2.24) is 15.5 Å². The quantitative estimate of drug-likeness (QED) is 0.818. The number of amides is 1. The van der Waals surface area contributed by atoms with Gasteiger partial charge in [0, 0.05) is 43.6 Å². The van der Waals surface area contributed by atoms with Crippen molar-refractivity contribution in [2.75, 3.05) is 31.1 Å². The fraction of sp³-hybridized carbons (Fsp3) is 0.650. The number of likely N-dealkylation sites (tertiary alicyclic amines) is 1. The van der Waals surface area contributed by atoms with Crippen LogP contribution < -0.4 is 10.6 Å². The van der Waals surface area contributed by atoms with E-state index in [2.05, 4.69) is 46.7 Å². The third-order valence-corrected chi connectivity index (χ3v) is 6.32. The van der Waals surface area contributed by atoms with E-state index in [0.717, 1.165) is 30.5 Å². The molecule has 1 aromatic rings. The van der Waals surface area contributed by atoms with E-state index in [1.165, 1.54) is 37.1 Å². The minimum absolute atomic E-state index is 0.149. The van der Waals surface area contributed by atoms with Gasteiger partial charge in [0.05, 0.1) is 0 Å². The highest BCUT2D eigenvalue weighted by molar-refractivity contribution is 7.99. The lowest BCUT2D eigenvalue weighted by Gasteiger charge is -2.30. The molecule has 3 rings (SSSR count). The fourth-order valence-electron chi connectivity index (χ4n) is 3.56. The highest BCUT2D eigenvalue weighted by Gasteiger charge is 2.17. The maximum absolute atomic E-state index is 12.1. The van der Waals surface area contributed by atoms with Crippen molar-refractivity contribution in [2.45, 2.75) is 45.3 Å². The number of carbonyl (C=O) groups excluding carboxylic acids is 1. The van der Waals surface area contributed by atoms with Gasteiger partial charge in [0.15, 0.2) is 0 Å². The Hall–Kier alpha value is -1.04. The van der Waals surface area contributed by atoms with Gasteiger partial charge in [0.1, 0.15) is 0 Å². The van der Waals surface area contributed by atoms with E-state index in [9.17, 15) is 4.79 Å². The number of rotatable bonds is 6. The van der Waals surface area contributed by atoms with Gasteiger partial charge in [-0.3, -0.25) is 9.69 Å². The molecule has 0 spiro atoms.